The summed E-state index contributed by atoms with van der Waals surface area (Å²) in [5.74, 6) is 0.190. The Morgan fingerprint density at radius 1 is 1.69 bits per heavy atom. The summed E-state index contributed by atoms with van der Waals surface area (Å²) in [6, 6.07) is 0. The zero-order chi connectivity index (χ0) is 9.84. The first-order valence-corrected chi connectivity index (χ1v) is 4.55. The van der Waals surface area contributed by atoms with Crippen LogP contribution in [0.3, 0.4) is 0 Å². The number of ether oxygens (including phenoxy) is 2. The predicted molar refractivity (Wildman–Crippen MR) is 49.3 cm³/mol. The van der Waals surface area contributed by atoms with Gasteiger partial charge < -0.3 is 9.47 Å². The normalized spacial score (nSPS) is 33.8. The Kier molecular flexibility index (Phi) is 3.48. The van der Waals surface area contributed by atoms with Crippen LogP contribution in [0.1, 0.15) is 20.3 Å². The van der Waals surface area contributed by atoms with E-state index >= 15 is 0 Å². The monoisotopic (exact) mass is 184 g/mol. The number of esters is 1. The van der Waals surface area contributed by atoms with Gasteiger partial charge >= 0.3 is 5.97 Å². The van der Waals surface area contributed by atoms with Gasteiger partial charge in [0.2, 0.25) is 0 Å². The summed E-state index contributed by atoms with van der Waals surface area (Å²) in [5, 5.41) is 0. The van der Waals surface area contributed by atoms with Crippen LogP contribution in [-0.4, -0.2) is 24.8 Å². The van der Waals surface area contributed by atoms with Crippen LogP contribution in [0.25, 0.3) is 0 Å². The minimum atomic E-state index is -0.255. The Morgan fingerprint density at radius 2 is 2.38 bits per heavy atom. The van der Waals surface area contributed by atoms with Gasteiger partial charge in [-0.05, 0) is 12.3 Å². The van der Waals surface area contributed by atoms with E-state index in [0.717, 1.165) is 6.42 Å². The lowest BCUT2D eigenvalue weighted by molar-refractivity contribution is -0.160. The molecule has 3 atom stereocenters. The topological polar surface area (TPSA) is 35.5 Å². The highest BCUT2D eigenvalue weighted by atomic mass is 16.6. The number of hydrogen-bond donors (Lipinski definition) is 0. The number of carbonyl (C=O) groups is 1. The number of rotatable bonds is 2. The minimum absolute atomic E-state index is 0.139. The molecule has 74 valence electrons. The largest absolute Gasteiger partial charge is 0.459 e. The first kappa shape index (κ1) is 10.3. The lowest BCUT2D eigenvalue weighted by Crippen LogP contribution is -2.39. The van der Waals surface area contributed by atoms with Crippen LogP contribution < -0.4 is 0 Å². The molecule has 0 saturated carbocycles. The highest BCUT2D eigenvalue weighted by Crippen LogP contribution is 2.22. The number of carbonyl (C=O) groups excluding carboxylic acids is 1. The fourth-order valence-electron chi connectivity index (χ4n) is 1.53. The Labute approximate surface area is 78.7 Å². The second-order valence-electron chi connectivity index (χ2n) is 3.52. The summed E-state index contributed by atoms with van der Waals surface area (Å²) in [6.45, 7) is 7.86. The van der Waals surface area contributed by atoms with Crippen molar-refractivity contribution in [3.63, 3.8) is 0 Å². The molecule has 3 heteroatoms. The summed E-state index contributed by atoms with van der Waals surface area (Å²) in [4.78, 5) is 10.8. The van der Waals surface area contributed by atoms with Crippen LogP contribution in [0.4, 0.5) is 0 Å². The van der Waals surface area contributed by atoms with Crippen molar-refractivity contribution in [1.29, 1.82) is 0 Å². The van der Waals surface area contributed by atoms with Crippen molar-refractivity contribution < 1.29 is 14.3 Å². The first-order chi connectivity index (χ1) is 6.13. The molecule has 0 aromatic carbocycles. The average molecular weight is 184 g/mol. The molecule has 0 spiro atoms. The molecule has 1 heterocycles. The zero-order valence-corrected chi connectivity index (χ0v) is 8.16. The standard InChI is InChI=1S/C10H16O3/c1-4-9-10(13-8(3)11)5-7(2)6-12-9/h4,7,9-10H,1,5-6H2,2-3H3/t7-,9-,10+/m0/s1. The van der Waals surface area contributed by atoms with E-state index in [0.29, 0.717) is 12.5 Å². The molecule has 1 saturated heterocycles. The van der Waals surface area contributed by atoms with Crippen LogP contribution in [0.15, 0.2) is 12.7 Å². The van der Waals surface area contributed by atoms with Crippen molar-refractivity contribution in [1.82, 2.24) is 0 Å². The SMILES string of the molecule is C=C[C@@H]1OC[C@@H](C)C[C@H]1OC(C)=O. The van der Waals surface area contributed by atoms with Crippen LogP contribution in [-0.2, 0) is 14.3 Å². The zero-order valence-electron chi connectivity index (χ0n) is 8.16. The highest BCUT2D eigenvalue weighted by Gasteiger charge is 2.29. The van der Waals surface area contributed by atoms with Crippen molar-refractivity contribution in [3.8, 4) is 0 Å². The van der Waals surface area contributed by atoms with Crippen molar-refractivity contribution >= 4 is 5.97 Å². The van der Waals surface area contributed by atoms with Gasteiger partial charge in [-0.25, -0.2) is 0 Å². The van der Waals surface area contributed by atoms with Crippen molar-refractivity contribution in [2.45, 2.75) is 32.5 Å². The second kappa shape index (κ2) is 4.42. The predicted octanol–water partition coefficient (Wildman–Crippen LogP) is 1.53. The molecule has 0 unspecified atom stereocenters. The highest BCUT2D eigenvalue weighted by molar-refractivity contribution is 5.66. The van der Waals surface area contributed by atoms with Crippen molar-refractivity contribution in [2.75, 3.05) is 6.61 Å². The van der Waals surface area contributed by atoms with Crippen LogP contribution in [0.5, 0.6) is 0 Å². The van der Waals surface area contributed by atoms with Gasteiger partial charge in [-0.2, -0.15) is 0 Å². The Balaban J connectivity index is 2.54. The van der Waals surface area contributed by atoms with E-state index in [-0.39, 0.29) is 18.2 Å². The molecule has 3 nitrogen and oxygen atoms in total. The third kappa shape index (κ3) is 2.84. The van der Waals surface area contributed by atoms with Crippen molar-refractivity contribution in [3.05, 3.63) is 12.7 Å². The molecule has 0 radical (unpaired) electrons. The van der Waals surface area contributed by atoms with Crippen molar-refractivity contribution in [2.24, 2.45) is 5.92 Å². The third-order valence-electron chi connectivity index (χ3n) is 2.12. The molecule has 0 amide bonds. The van der Waals surface area contributed by atoms with E-state index in [1.165, 1.54) is 6.92 Å². The number of hydrogen-bond acceptors (Lipinski definition) is 3. The van der Waals surface area contributed by atoms with Crippen LogP contribution in [0, 0.1) is 5.92 Å². The summed E-state index contributed by atoms with van der Waals surface area (Å²) in [6.07, 6.45) is 2.26. The summed E-state index contributed by atoms with van der Waals surface area (Å²) in [7, 11) is 0. The Morgan fingerprint density at radius 3 is 2.92 bits per heavy atom. The van der Waals surface area contributed by atoms with E-state index in [1.807, 2.05) is 0 Å². The molecule has 0 aromatic heterocycles. The van der Waals surface area contributed by atoms with Crippen LogP contribution >= 0.6 is 0 Å². The average Bonchev–Trinajstić information content (AvgIpc) is 2.03. The Bertz CT molecular complexity index is 200. The lowest BCUT2D eigenvalue weighted by Gasteiger charge is -2.32. The first-order valence-electron chi connectivity index (χ1n) is 4.55. The molecule has 0 bridgehead atoms. The lowest BCUT2D eigenvalue weighted by atomic mass is 9.97. The fourth-order valence-corrected chi connectivity index (χ4v) is 1.53. The van der Waals surface area contributed by atoms with E-state index in [9.17, 15) is 4.79 Å². The molecule has 13 heavy (non-hydrogen) atoms. The molecule has 1 fully saturated rings. The van der Waals surface area contributed by atoms with E-state index in [2.05, 4.69) is 13.5 Å². The molecule has 0 aliphatic carbocycles. The maximum Gasteiger partial charge on any atom is 0.303 e. The molecule has 0 N–H and O–H groups in total. The maximum atomic E-state index is 10.8. The quantitative estimate of drug-likeness (QED) is 0.482. The smallest absolute Gasteiger partial charge is 0.303 e. The fraction of sp³-hybridized carbons (Fsp3) is 0.700. The van der Waals surface area contributed by atoms with Gasteiger partial charge in [-0.15, -0.1) is 6.58 Å². The van der Waals surface area contributed by atoms with Gasteiger partial charge in [0.05, 0.1) is 6.61 Å². The minimum Gasteiger partial charge on any atom is -0.459 e. The van der Waals surface area contributed by atoms with Gasteiger partial charge in [0.1, 0.15) is 12.2 Å². The summed E-state index contributed by atoms with van der Waals surface area (Å²) in [5.41, 5.74) is 0. The van der Waals surface area contributed by atoms with Crippen LogP contribution in [0.2, 0.25) is 0 Å². The molecular formula is C10H16O3. The summed E-state index contributed by atoms with van der Waals surface area (Å²) >= 11 is 0. The molecule has 1 rings (SSSR count). The molecule has 1 aliphatic heterocycles. The molecule has 0 aromatic rings. The Hall–Kier alpha value is -0.830. The van der Waals surface area contributed by atoms with E-state index in [4.69, 9.17) is 9.47 Å². The molecule has 1 aliphatic rings. The van der Waals surface area contributed by atoms with Gasteiger partial charge in [-0.1, -0.05) is 13.0 Å². The second-order valence-corrected chi connectivity index (χ2v) is 3.52. The van der Waals surface area contributed by atoms with Gasteiger partial charge in [0.25, 0.3) is 0 Å². The van der Waals surface area contributed by atoms with Gasteiger partial charge in [-0.3, -0.25) is 4.79 Å². The summed E-state index contributed by atoms with van der Waals surface area (Å²) < 4.78 is 10.6. The van der Waals surface area contributed by atoms with E-state index in [1.54, 1.807) is 6.08 Å². The van der Waals surface area contributed by atoms with Gasteiger partial charge in [0, 0.05) is 6.92 Å². The third-order valence-corrected chi connectivity index (χ3v) is 2.12. The maximum absolute atomic E-state index is 10.8. The van der Waals surface area contributed by atoms with Gasteiger partial charge in [0.15, 0.2) is 0 Å². The van der Waals surface area contributed by atoms with E-state index < -0.39 is 0 Å². The molecular weight excluding hydrogens is 168 g/mol.